The fraction of sp³-hybridized carbons (Fsp3) is 0.333. The second-order valence-electron chi connectivity index (χ2n) is 5.82. The Hall–Kier alpha value is -1.65. The first-order valence-electron chi connectivity index (χ1n) is 7.93. The minimum Gasteiger partial charge on any atom is -0.457 e. The Kier molecular flexibility index (Phi) is 3.95. The van der Waals surface area contributed by atoms with Crippen molar-refractivity contribution in [2.75, 3.05) is 18.0 Å². The van der Waals surface area contributed by atoms with Gasteiger partial charge in [0.05, 0.1) is 5.69 Å². The van der Waals surface area contributed by atoms with E-state index in [1.165, 1.54) is 29.8 Å². The summed E-state index contributed by atoms with van der Waals surface area (Å²) < 4.78 is 9.41. The molecule has 0 unspecified atom stereocenters. The van der Waals surface area contributed by atoms with Crippen molar-refractivity contribution in [3.8, 4) is 11.5 Å². The summed E-state index contributed by atoms with van der Waals surface area (Å²) in [7, 11) is 0. The number of benzene rings is 2. The molecule has 1 aliphatic heterocycles. The van der Waals surface area contributed by atoms with Crippen LogP contribution in [-0.2, 0) is 0 Å². The zero-order valence-electron chi connectivity index (χ0n) is 12.5. The SMILES string of the molecule is c1ccc(Oc2ccc3c(c2)SNCCN3C2CCC2)cc1. The van der Waals surface area contributed by atoms with Gasteiger partial charge in [0, 0.05) is 24.0 Å². The van der Waals surface area contributed by atoms with Crippen LogP contribution in [0.1, 0.15) is 19.3 Å². The topological polar surface area (TPSA) is 24.5 Å². The van der Waals surface area contributed by atoms with Gasteiger partial charge in [-0.05, 0) is 61.5 Å². The van der Waals surface area contributed by atoms with E-state index < -0.39 is 0 Å². The van der Waals surface area contributed by atoms with Crippen LogP contribution in [0.15, 0.2) is 53.4 Å². The lowest BCUT2D eigenvalue weighted by molar-refractivity contribution is 0.386. The van der Waals surface area contributed by atoms with Gasteiger partial charge in [0.15, 0.2) is 0 Å². The molecule has 0 amide bonds. The number of anilines is 1. The molecular weight excluding hydrogens is 292 g/mol. The van der Waals surface area contributed by atoms with Gasteiger partial charge in [0.25, 0.3) is 0 Å². The Morgan fingerprint density at radius 2 is 1.91 bits per heavy atom. The van der Waals surface area contributed by atoms with Gasteiger partial charge in [-0.1, -0.05) is 18.2 Å². The summed E-state index contributed by atoms with van der Waals surface area (Å²) >= 11 is 1.72. The van der Waals surface area contributed by atoms with Gasteiger partial charge in [0.1, 0.15) is 11.5 Å². The molecule has 4 heteroatoms. The van der Waals surface area contributed by atoms with Gasteiger partial charge in [-0.3, -0.25) is 4.72 Å². The van der Waals surface area contributed by atoms with Crippen molar-refractivity contribution in [1.82, 2.24) is 4.72 Å². The zero-order chi connectivity index (χ0) is 14.8. The van der Waals surface area contributed by atoms with E-state index in [4.69, 9.17) is 4.74 Å². The van der Waals surface area contributed by atoms with Crippen LogP contribution in [0.5, 0.6) is 11.5 Å². The monoisotopic (exact) mass is 312 g/mol. The molecule has 22 heavy (non-hydrogen) atoms. The van der Waals surface area contributed by atoms with Crippen LogP contribution >= 0.6 is 11.9 Å². The highest BCUT2D eigenvalue weighted by Gasteiger charge is 2.28. The molecule has 3 nitrogen and oxygen atoms in total. The molecule has 1 aliphatic carbocycles. The standard InChI is InChI=1S/C18H20N2OS/c1-2-7-15(8-3-1)21-16-9-10-17-18(13-16)22-19-11-12-20(17)14-5-4-6-14/h1-3,7-10,13-14,19H,4-6,11-12H2. The molecule has 4 rings (SSSR count). The summed E-state index contributed by atoms with van der Waals surface area (Å²) in [4.78, 5) is 3.83. The number of hydrogen-bond acceptors (Lipinski definition) is 4. The predicted octanol–water partition coefficient (Wildman–Crippen LogP) is 4.45. The highest BCUT2D eigenvalue weighted by molar-refractivity contribution is 7.97. The molecule has 0 aromatic heterocycles. The smallest absolute Gasteiger partial charge is 0.128 e. The van der Waals surface area contributed by atoms with Crippen molar-refractivity contribution in [2.24, 2.45) is 0 Å². The number of rotatable bonds is 3. The summed E-state index contributed by atoms with van der Waals surface area (Å²) in [6.07, 6.45) is 4.02. The van der Waals surface area contributed by atoms with E-state index >= 15 is 0 Å². The van der Waals surface area contributed by atoms with Crippen LogP contribution in [0.25, 0.3) is 0 Å². The molecule has 2 aromatic carbocycles. The number of fused-ring (bicyclic) bond motifs is 1. The first kappa shape index (κ1) is 14.0. The molecule has 0 radical (unpaired) electrons. The molecule has 1 fully saturated rings. The first-order valence-corrected chi connectivity index (χ1v) is 8.75. The van der Waals surface area contributed by atoms with E-state index in [9.17, 15) is 0 Å². The summed E-state index contributed by atoms with van der Waals surface area (Å²) in [5.74, 6) is 1.78. The number of para-hydroxylation sites is 1. The molecule has 1 heterocycles. The number of nitrogens with one attached hydrogen (secondary N) is 1. The molecular formula is C18H20N2OS. The van der Waals surface area contributed by atoms with E-state index in [2.05, 4.69) is 27.8 Å². The lowest BCUT2D eigenvalue weighted by Crippen LogP contribution is -2.42. The van der Waals surface area contributed by atoms with Crippen LogP contribution in [0.4, 0.5) is 5.69 Å². The third-order valence-corrected chi connectivity index (χ3v) is 5.27. The van der Waals surface area contributed by atoms with E-state index in [0.29, 0.717) is 0 Å². The van der Waals surface area contributed by atoms with E-state index in [1.54, 1.807) is 11.9 Å². The van der Waals surface area contributed by atoms with Gasteiger partial charge < -0.3 is 9.64 Å². The van der Waals surface area contributed by atoms with Crippen LogP contribution < -0.4 is 14.4 Å². The van der Waals surface area contributed by atoms with Crippen molar-refractivity contribution in [1.29, 1.82) is 0 Å². The lowest BCUT2D eigenvalue weighted by atomic mass is 9.91. The average Bonchev–Trinajstić information content (AvgIpc) is 2.69. The molecule has 1 saturated carbocycles. The minimum absolute atomic E-state index is 0.722. The second-order valence-corrected chi connectivity index (χ2v) is 6.75. The normalized spacial score (nSPS) is 18.3. The third kappa shape index (κ3) is 2.81. The number of hydrogen-bond donors (Lipinski definition) is 1. The van der Waals surface area contributed by atoms with Crippen molar-refractivity contribution in [3.05, 3.63) is 48.5 Å². The fourth-order valence-corrected chi connectivity index (χ4v) is 3.81. The van der Waals surface area contributed by atoms with Crippen molar-refractivity contribution in [2.45, 2.75) is 30.2 Å². The molecule has 0 atom stereocenters. The van der Waals surface area contributed by atoms with Gasteiger partial charge in [-0.15, -0.1) is 0 Å². The average molecular weight is 312 g/mol. The molecule has 2 aliphatic rings. The highest BCUT2D eigenvalue weighted by atomic mass is 32.2. The van der Waals surface area contributed by atoms with Gasteiger partial charge in [-0.25, -0.2) is 0 Å². The molecule has 114 valence electrons. The molecule has 0 saturated heterocycles. The van der Waals surface area contributed by atoms with Crippen LogP contribution in [-0.4, -0.2) is 19.1 Å². The minimum atomic E-state index is 0.722. The van der Waals surface area contributed by atoms with Crippen LogP contribution in [0, 0.1) is 0 Å². The third-order valence-electron chi connectivity index (χ3n) is 4.37. The number of ether oxygens (including phenoxy) is 1. The van der Waals surface area contributed by atoms with Crippen molar-refractivity contribution < 1.29 is 4.74 Å². The highest BCUT2D eigenvalue weighted by Crippen LogP contribution is 2.39. The van der Waals surface area contributed by atoms with Crippen molar-refractivity contribution in [3.63, 3.8) is 0 Å². The van der Waals surface area contributed by atoms with Crippen LogP contribution in [0.2, 0.25) is 0 Å². The summed E-state index contributed by atoms with van der Waals surface area (Å²) in [5, 5.41) is 0. The molecule has 1 N–H and O–H groups in total. The maximum absolute atomic E-state index is 5.96. The fourth-order valence-electron chi connectivity index (χ4n) is 2.99. The Morgan fingerprint density at radius 3 is 2.68 bits per heavy atom. The predicted molar refractivity (Wildman–Crippen MR) is 91.8 cm³/mol. The number of nitrogens with zero attached hydrogens (tertiary/aromatic N) is 1. The largest absolute Gasteiger partial charge is 0.457 e. The summed E-state index contributed by atoms with van der Waals surface area (Å²) in [5.41, 5.74) is 1.35. The van der Waals surface area contributed by atoms with E-state index in [1.807, 2.05) is 30.3 Å². The Labute approximate surface area is 135 Å². The first-order chi connectivity index (χ1) is 10.9. The Bertz CT molecular complexity index is 643. The van der Waals surface area contributed by atoms with Gasteiger partial charge in [-0.2, -0.15) is 0 Å². The zero-order valence-corrected chi connectivity index (χ0v) is 13.3. The molecule has 0 bridgehead atoms. The summed E-state index contributed by atoms with van der Waals surface area (Å²) in [6, 6.07) is 17.1. The Morgan fingerprint density at radius 1 is 1.05 bits per heavy atom. The second kappa shape index (κ2) is 6.23. The maximum Gasteiger partial charge on any atom is 0.128 e. The van der Waals surface area contributed by atoms with Crippen molar-refractivity contribution >= 4 is 17.6 Å². The molecule has 0 spiro atoms. The van der Waals surface area contributed by atoms with E-state index in [0.717, 1.165) is 30.6 Å². The van der Waals surface area contributed by atoms with Crippen LogP contribution in [0.3, 0.4) is 0 Å². The maximum atomic E-state index is 5.96. The van der Waals surface area contributed by atoms with Gasteiger partial charge >= 0.3 is 0 Å². The lowest BCUT2D eigenvalue weighted by Gasteiger charge is -2.39. The Balaban J connectivity index is 1.60. The quantitative estimate of drug-likeness (QED) is 0.846. The van der Waals surface area contributed by atoms with E-state index in [-0.39, 0.29) is 0 Å². The van der Waals surface area contributed by atoms with Gasteiger partial charge in [0.2, 0.25) is 0 Å². The molecule has 2 aromatic rings. The summed E-state index contributed by atoms with van der Waals surface area (Å²) in [6.45, 7) is 2.11.